The van der Waals surface area contributed by atoms with E-state index in [1.807, 2.05) is 0 Å². The van der Waals surface area contributed by atoms with Crippen LogP contribution < -0.4 is 0 Å². The summed E-state index contributed by atoms with van der Waals surface area (Å²) in [4.78, 5) is 0. The molecule has 0 unspecified atom stereocenters. The van der Waals surface area contributed by atoms with Crippen LogP contribution in [0.1, 0.15) is 32.3 Å². The Kier molecular flexibility index (Phi) is 4.31. The highest BCUT2D eigenvalue weighted by Gasteiger charge is 1.95. The number of hydrogen-bond donors (Lipinski definition) is 0. The summed E-state index contributed by atoms with van der Waals surface area (Å²) in [6.07, 6.45) is 7.01. The van der Waals surface area contributed by atoms with Crippen molar-refractivity contribution < 1.29 is 0 Å². The first-order chi connectivity index (χ1) is 6.36. The average Bonchev–Trinajstić information content (AvgIpc) is 2.21. The van der Waals surface area contributed by atoms with Crippen LogP contribution in [0, 0.1) is 5.92 Å². The second-order valence-electron chi connectivity index (χ2n) is 3.35. The highest BCUT2D eigenvalue weighted by molar-refractivity contribution is 5.48. The minimum Gasteiger partial charge on any atom is -0.0808 e. The van der Waals surface area contributed by atoms with Gasteiger partial charge in [0.05, 0.1) is 0 Å². The van der Waals surface area contributed by atoms with E-state index in [2.05, 4.69) is 56.3 Å². The minimum absolute atomic E-state index is 0.736. The van der Waals surface area contributed by atoms with Crippen LogP contribution in [0.5, 0.6) is 0 Å². The van der Waals surface area contributed by atoms with Crippen LogP contribution in [-0.2, 0) is 0 Å². The van der Waals surface area contributed by atoms with Crippen molar-refractivity contribution in [1.82, 2.24) is 0 Å². The molecule has 0 fully saturated rings. The fourth-order valence-corrected chi connectivity index (χ4v) is 1.37. The van der Waals surface area contributed by atoms with E-state index in [9.17, 15) is 0 Å². The van der Waals surface area contributed by atoms with Gasteiger partial charge in [0.1, 0.15) is 0 Å². The fourth-order valence-electron chi connectivity index (χ4n) is 1.37. The molecule has 0 radical (unpaired) electrons. The van der Waals surface area contributed by atoms with Gasteiger partial charge in [-0.25, -0.2) is 0 Å². The molecular formula is C13H18. The predicted octanol–water partition coefficient (Wildman–Crippen LogP) is 4.14. The van der Waals surface area contributed by atoms with Crippen LogP contribution in [-0.4, -0.2) is 0 Å². The lowest BCUT2D eigenvalue weighted by Gasteiger charge is -2.04. The van der Waals surface area contributed by atoms with E-state index in [0.717, 1.165) is 5.92 Å². The lowest BCUT2D eigenvalue weighted by Crippen LogP contribution is -1.89. The normalized spacial score (nSPS) is 11.3. The van der Waals surface area contributed by atoms with Crippen molar-refractivity contribution in [2.24, 2.45) is 5.92 Å². The Morgan fingerprint density at radius 1 is 1.08 bits per heavy atom. The van der Waals surface area contributed by atoms with Gasteiger partial charge in [-0.3, -0.25) is 0 Å². The zero-order chi connectivity index (χ0) is 9.52. The van der Waals surface area contributed by atoms with E-state index < -0.39 is 0 Å². The first-order valence-corrected chi connectivity index (χ1v) is 5.10. The van der Waals surface area contributed by atoms with Gasteiger partial charge in [-0.2, -0.15) is 0 Å². The van der Waals surface area contributed by atoms with Gasteiger partial charge in [-0.15, -0.1) is 0 Å². The molecule has 0 heterocycles. The van der Waals surface area contributed by atoms with Crippen LogP contribution in [0.2, 0.25) is 0 Å². The van der Waals surface area contributed by atoms with Gasteiger partial charge >= 0.3 is 0 Å². The molecular weight excluding hydrogens is 156 g/mol. The van der Waals surface area contributed by atoms with Crippen LogP contribution in [0.15, 0.2) is 36.4 Å². The molecule has 13 heavy (non-hydrogen) atoms. The standard InChI is InChI=1S/C13H18/c1-3-12(4-2)10-11-13-8-6-5-7-9-13/h5-12H,3-4H2,1-2H3. The van der Waals surface area contributed by atoms with Crippen molar-refractivity contribution in [3.8, 4) is 0 Å². The van der Waals surface area contributed by atoms with Crippen molar-refractivity contribution in [2.45, 2.75) is 26.7 Å². The Bertz CT molecular complexity index is 242. The smallest absolute Gasteiger partial charge is 0.0235 e. The molecule has 0 N–H and O–H groups in total. The quantitative estimate of drug-likeness (QED) is 0.643. The number of benzene rings is 1. The summed E-state index contributed by atoms with van der Waals surface area (Å²) in [6, 6.07) is 10.5. The van der Waals surface area contributed by atoms with Crippen molar-refractivity contribution in [3.05, 3.63) is 42.0 Å². The lowest BCUT2D eigenvalue weighted by atomic mass is 10.0. The van der Waals surface area contributed by atoms with Crippen LogP contribution in [0.3, 0.4) is 0 Å². The predicted molar refractivity (Wildman–Crippen MR) is 59.5 cm³/mol. The van der Waals surface area contributed by atoms with Crippen LogP contribution >= 0.6 is 0 Å². The van der Waals surface area contributed by atoms with E-state index in [-0.39, 0.29) is 0 Å². The molecule has 0 bridgehead atoms. The molecule has 1 aromatic rings. The molecule has 0 aliphatic carbocycles. The first-order valence-electron chi connectivity index (χ1n) is 5.10. The Morgan fingerprint density at radius 2 is 1.69 bits per heavy atom. The van der Waals surface area contributed by atoms with Crippen molar-refractivity contribution in [1.29, 1.82) is 0 Å². The Balaban J connectivity index is 2.57. The summed E-state index contributed by atoms with van der Waals surface area (Å²) < 4.78 is 0. The van der Waals surface area contributed by atoms with E-state index >= 15 is 0 Å². The zero-order valence-electron chi connectivity index (χ0n) is 8.53. The molecule has 0 amide bonds. The van der Waals surface area contributed by atoms with E-state index in [1.165, 1.54) is 18.4 Å². The zero-order valence-corrected chi connectivity index (χ0v) is 8.53. The van der Waals surface area contributed by atoms with Gasteiger partial charge in [-0.05, 0) is 24.3 Å². The second kappa shape index (κ2) is 5.58. The van der Waals surface area contributed by atoms with Gasteiger partial charge in [0.15, 0.2) is 0 Å². The number of hydrogen-bond acceptors (Lipinski definition) is 0. The monoisotopic (exact) mass is 174 g/mol. The maximum Gasteiger partial charge on any atom is -0.0235 e. The Hall–Kier alpha value is -1.04. The molecule has 0 heteroatoms. The van der Waals surface area contributed by atoms with Gasteiger partial charge in [0, 0.05) is 0 Å². The fraction of sp³-hybridized carbons (Fsp3) is 0.385. The molecule has 1 aromatic carbocycles. The minimum atomic E-state index is 0.736. The third-order valence-corrected chi connectivity index (χ3v) is 2.41. The number of rotatable bonds is 4. The maximum atomic E-state index is 2.31. The van der Waals surface area contributed by atoms with E-state index in [4.69, 9.17) is 0 Å². The highest BCUT2D eigenvalue weighted by atomic mass is 14.0. The molecule has 1 rings (SSSR count). The third-order valence-electron chi connectivity index (χ3n) is 2.41. The van der Waals surface area contributed by atoms with Gasteiger partial charge in [-0.1, -0.05) is 56.3 Å². The lowest BCUT2D eigenvalue weighted by molar-refractivity contribution is 0.608. The van der Waals surface area contributed by atoms with Crippen molar-refractivity contribution >= 4 is 6.08 Å². The molecule has 0 aliphatic heterocycles. The molecule has 0 saturated carbocycles. The Morgan fingerprint density at radius 3 is 2.23 bits per heavy atom. The summed E-state index contributed by atoms with van der Waals surface area (Å²) in [5, 5.41) is 0. The van der Waals surface area contributed by atoms with E-state index in [0.29, 0.717) is 0 Å². The molecule has 70 valence electrons. The molecule has 0 nitrogen and oxygen atoms in total. The maximum absolute atomic E-state index is 2.31. The molecule has 0 aliphatic rings. The number of allylic oxidation sites excluding steroid dienone is 1. The topological polar surface area (TPSA) is 0 Å². The largest absolute Gasteiger partial charge is 0.0808 e. The summed E-state index contributed by atoms with van der Waals surface area (Å²) in [5.74, 6) is 0.736. The third kappa shape index (κ3) is 3.45. The Labute approximate surface area is 81.3 Å². The first kappa shape index (κ1) is 10.0. The molecule has 0 saturated heterocycles. The van der Waals surface area contributed by atoms with Crippen molar-refractivity contribution in [2.75, 3.05) is 0 Å². The van der Waals surface area contributed by atoms with Gasteiger partial charge in [0.25, 0.3) is 0 Å². The second-order valence-corrected chi connectivity index (χ2v) is 3.35. The summed E-state index contributed by atoms with van der Waals surface area (Å²) in [6.45, 7) is 4.48. The van der Waals surface area contributed by atoms with Crippen LogP contribution in [0.25, 0.3) is 6.08 Å². The average molecular weight is 174 g/mol. The molecule has 0 spiro atoms. The van der Waals surface area contributed by atoms with Crippen molar-refractivity contribution in [3.63, 3.8) is 0 Å². The van der Waals surface area contributed by atoms with Gasteiger partial charge < -0.3 is 0 Å². The van der Waals surface area contributed by atoms with Gasteiger partial charge in [0.2, 0.25) is 0 Å². The van der Waals surface area contributed by atoms with E-state index in [1.54, 1.807) is 0 Å². The highest BCUT2D eigenvalue weighted by Crippen LogP contribution is 2.11. The van der Waals surface area contributed by atoms with Crippen LogP contribution in [0.4, 0.5) is 0 Å². The summed E-state index contributed by atoms with van der Waals surface area (Å²) >= 11 is 0. The SMILES string of the molecule is CCC(C=Cc1ccccc1)CC. The summed E-state index contributed by atoms with van der Waals surface area (Å²) in [5.41, 5.74) is 1.30. The molecule has 0 aromatic heterocycles. The molecule has 0 atom stereocenters. The summed E-state index contributed by atoms with van der Waals surface area (Å²) in [7, 11) is 0.